The predicted molar refractivity (Wildman–Crippen MR) is 79.2 cm³/mol. The number of thiocarbonyl (C=S) groups is 1. The molecular formula is C13H15N5OS. The van der Waals surface area contributed by atoms with Gasteiger partial charge in [0, 0.05) is 18.2 Å². The number of carbonyl (C=O) groups excluding carboxylic acids is 1. The van der Waals surface area contributed by atoms with Gasteiger partial charge < -0.3 is 15.6 Å². The Morgan fingerprint density at radius 1 is 1.35 bits per heavy atom. The first-order chi connectivity index (χ1) is 9.49. The largest absolute Gasteiger partial charge is 0.389 e. The van der Waals surface area contributed by atoms with Crippen LogP contribution >= 0.6 is 12.2 Å². The number of aromatic nitrogens is 3. The lowest BCUT2D eigenvalue weighted by Crippen LogP contribution is -2.28. The molecule has 1 aromatic heterocycles. The van der Waals surface area contributed by atoms with Crippen molar-refractivity contribution in [2.45, 2.75) is 13.0 Å². The monoisotopic (exact) mass is 289 g/mol. The van der Waals surface area contributed by atoms with Crippen LogP contribution in [-0.4, -0.2) is 25.7 Å². The van der Waals surface area contributed by atoms with E-state index in [0.717, 1.165) is 5.56 Å². The average molecular weight is 289 g/mol. The van der Waals surface area contributed by atoms with E-state index in [0.29, 0.717) is 16.4 Å². The highest BCUT2D eigenvalue weighted by Gasteiger charge is 2.15. The molecule has 0 fully saturated rings. The molecule has 0 aliphatic heterocycles. The van der Waals surface area contributed by atoms with Crippen LogP contribution in [0.25, 0.3) is 0 Å². The molecule has 6 nitrogen and oxygen atoms in total. The van der Waals surface area contributed by atoms with Crippen molar-refractivity contribution >= 4 is 23.1 Å². The number of nitrogens with two attached hydrogens (primary N) is 1. The van der Waals surface area contributed by atoms with Crippen molar-refractivity contribution in [3.05, 3.63) is 47.5 Å². The van der Waals surface area contributed by atoms with Crippen molar-refractivity contribution in [1.82, 2.24) is 20.1 Å². The Balaban J connectivity index is 2.08. The minimum absolute atomic E-state index is 0.185. The van der Waals surface area contributed by atoms with Crippen LogP contribution in [-0.2, 0) is 7.05 Å². The molecule has 2 aromatic rings. The van der Waals surface area contributed by atoms with Gasteiger partial charge in [-0.05, 0) is 19.1 Å². The van der Waals surface area contributed by atoms with Crippen LogP contribution < -0.4 is 11.1 Å². The highest BCUT2D eigenvalue weighted by atomic mass is 32.1. The first-order valence-electron chi connectivity index (χ1n) is 6.03. The van der Waals surface area contributed by atoms with E-state index >= 15 is 0 Å². The number of amides is 1. The van der Waals surface area contributed by atoms with E-state index in [1.807, 2.05) is 14.0 Å². The van der Waals surface area contributed by atoms with Gasteiger partial charge in [-0.1, -0.05) is 24.4 Å². The number of carbonyl (C=O) groups is 1. The average Bonchev–Trinajstić information content (AvgIpc) is 2.85. The Labute approximate surface area is 122 Å². The fourth-order valence-electron chi connectivity index (χ4n) is 1.81. The van der Waals surface area contributed by atoms with E-state index in [1.165, 1.54) is 0 Å². The zero-order chi connectivity index (χ0) is 14.7. The van der Waals surface area contributed by atoms with E-state index in [2.05, 4.69) is 15.5 Å². The molecule has 0 spiro atoms. The maximum absolute atomic E-state index is 12.1. The minimum Gasteiger partial charge on any atom is -0.389 e. The summed E-state index contributed by atoms with van der Waals surface area (Å²) in [7, 11) is 1.83. The van der Waals surface area contributed by atoms with Crippen molar-refractivity contribution in [2.75, 3.05) is 0 Å². The van der Waals surface area contributed by atoms with Gasteiger partial charge in [0.15, 0.2) is 5.82 Å². The molecule has 0 saturated carbocycles. The third-order valence-electron chi connectivity index (χ3n) is 2.91. The van der Waals surface area contributed by atoms with Crippen molar-refractivity contribution in [2.24, 2.45) is 12.8 Å². The molecule has 1 unspecified atom stereocenters. The van der Waals surface area contributed by atoms with Gasteiger partial charge in [-0.15, -0.1) is 10.2 Å². The van der Waals surface area contributed by atoms with Crippen LogP contribution in [0.5, 0.6) is 0 Å². The van der Waals surface area contributed by atoms with Gasteiger partial charge in [0.25, 0.3) is 5.91 Å². The molecule has 0 aliphatic carbocycles. The molecule has 20 heavy (non-hydrogen) atoms. The summed E-state index contributed by atoms with van der Waals surface area (Å²) in [6.45, 7) is 1.85. The molecular weight excluding hydrogens is 274 g/mol. The van der Waals surface area contributed by atoms with Crippen LogP contribution in [0.15, 0.2) is 30.6 Å². The second kappa shape index (κ2) is 5.79. The van der Waals surface area contributed by atoms with Gasteiger partial charge in [0.05, 0.1) is 6.04 Å². The summed E-state index contributed by atoms with van der Waals surface area (Å²) in [5.74, 6) is 0.507. The van der Waals surface area contributed by atoms with Crippen LogP contribution in [0.1, 0.15) is 34.7 Å². The number of benzene rings is 1. The quantitative estimate of drug-likeness (QED) is 0.818. The summed E-state index contributed by atoms with van der Waals surface area (Å²) in [4.78, 5) is 12.4. The first kappa shape index (κ1) is 14.1. The number of aryl methyl sites for hydroxylation is 1. The number of nitrogens with zero attached hydrogens (tertiary/aromatic N) is 3. The standard InChI is InChI=1S/C13H15N5OS/c1-8(12-17-15-7-18(12)2)16-13(19)10-5-3-9(4-6-10)11(14)20/h3-8H,1-2H3,(H2,14,20)(H,16,19). The lowest BCUT2D eigenvalue weighted by atomic mass is 10.1. The SMILES string of the molecule is CC(NC(=O)c1ccc(C(N)=S)cc1)c1nncn1C. The van der Waals surface area contributed by atoms with E-state index in [9.17, 15) is 4.79 Å². The topological polar surface area (TPSA) is 85.8 Å². The van der Waals surface area contributed by atoms with Crippen molar-refractivity contribution < 1.29 is 4.79 Å². The zero-order valence-corrected chi connectivity index (χ0v) is 12.0. The summed E-state index contributed by atoms with van der Waals surface area (Å²) >= 11 is 4.87. The molecule has 0 saturated heterocycles. The van der Waals surface area contributed by atoms with Crippen LogP contribution in [0.4, 0.5) is 0 Å². The fourth-order valence-corrected chi connectivity index (χ4v) is 1.95. The van der Waals surface area contributed by atoms with Gasteiger partial charge in [-0.2, -0.15) is 0 Å². The molecule has 7 heteroatoms. The molecule has 3 N–H and O–H groups in total. The van der Waals surface area contributed by atoms with Crippen LogP contribution in [0.3, 0.4) is 0 Å². The molecule has 0 aliphatic rings. The summed E-state index contributed by atoms with van der Waals surface area (Å²) in [5.41, 5.74) is 6.79. The fraction of sp³-hybridized carbons (Fsp3) is 0.231. The summed E-state index contributed by atoms with van der Waals surface area (Å²) in [5, 5.41) is 10.6. The molecule has 0 bridgehead atoms. The molecule has 1 amide bonds. The van der Waals surface area contributed by atoms with E-state index in [-0.39, 0.29) is 11.9 Å². The zero-order valence-electron chi connectivity index (χ0n) is 11.2. The number of hydrogen-bond donors (Lipinski definition) is 2. The Morgan fingerprint density at radius 3 is 2.45 bits per heavy atom. The van der Waals surface area contributed by atoms with Gasteiger partial charge in [0.2, 0.25) is 0 Å². The van der Waals surface area contributed by atoms with Gasteiger partial charge in [0.1, 0.15) is 11.3 Å². The summed E-state index contributed by atoms with van der Waals surface area (Å²) in [6.07, 6.45) is 1.59. The van der Waals surface area contributed by atoms with Crippen LogP contribution in [0.2, 0.25) is 0 Å². The second-order valence-electron chi connectivity index (χ2n) is 4.44. The molecule has 104 valence electrons. The highest BCUT2D eigenvalue weighted by molar-refractivity contribution is 7.80. The lowest BCUT2D eigenvalue weighted by molar-refractivity contribution is 0.0938. The Hall–Kier alpha value is -2.28. The van der Waals surface area contributed by atoms with E-state index in [1.54, 1.807) is 35.2 Å². The third kappa shape index (κ3) is 3.00. The maximum Gasteiger partial charge on any atom is 0.251 e. The maximum atomic E-state index is 12.1. The number of hydrogen-bond acceptors (Lipinski definition) is 4. The minimum atomic E-state index is -0.231. The Kier molecular flexibility index (Phi) is 4.09. The number of nitrogens with one attached hydrogen (secondary N) is 1. The molecule has 0 radical (unpaired) electrons. The summed E-state index contributed by atoms with van der Waals surface area (Å²) in [6, 6.07) is 6.60. The first-order valence-corrected chi connectivity index (χ1v) is 6.44. The third-order valence-corrected chi connectivity index (χ3v) is 3.15. The van der Waals surface area contributed by atoms with Gasteiger partial charge in [-0.25, -0.2) is 0 Å². The Bertz CT molecular complexity index is 634. The molecule has 1 heterocycles. The van der Waals surface area contributed by atoms with Crippen molar-refractivity contribution in [3.8, 4) is 0 Å². The number of rotatable bonds is 4. The smallest absolute Gasteiger partial charge is 0.251 e. The Morgan fingerprint density at radius 2 is 1.95 bits per heavy atom. The van der Waals surface area contributed by atoms with E-state index in [4.69, 9.17) is 18.0 Å². The van der Waals surface area contributed by atoms with Crippen LogP contribution in [0, 0.1) is 0 Å². The van der Waals surface area contributed by atoms with Crippen molar-refractivity contribution in [1.29, 1.82) is 0 Å². The van der Waals surface area contributed by atoms with Gasteiger partial charge >= 0.3 is 0 Å². The van der Waals surface area contributed by atoms with Gasteiger partial charge in [-0.3, -0.25) is 4.79 Å². The summed E-state index contributed by atoms with van der Waals surface area (Å²) < 4.78 is 1.76. The highest BCUT2D eigenvalue weighted by Crippen LogP contribution is 2.10. The van der Waals surface area contributed by atoms with E-state index < -0.39 is 0 Å². The molecule has 1 aromatic carbocycles. The molecule has 2 rings (SSSR count). The van der Waals surface area contributed by atoms with Crippen molar-refractivity contribution in [3.63, 3.8) is 0 Å². The molecule has 1 atom stereocenters. The second-order valence-corrected chi connectivity index (χ2v) is 4.88. The predicted octanol–water partition coefficient (Wildman–Crippen LogP) is 0.940. The normalized spacial score (nSPS) is 11.9. The lowest BCUT2D eigenvalue weighted by Gasteiger charge is -2.13.